The zero-order valence-corrected chi connectivity index (χ0v) is 14.4. The number of hydrogen-bond acceptors (Lipinski definition) is 5. The Balaban J connectivity index is 1.78. The molecule has 5 heteroatoms. The third-order valence-corrected chi connectivity index (χ3v) is 5.36. The molecule has 2 N–H and O–H groups in total. The van der Waals surface area contributed by atoms with E-state index < -0.39 is 0 Å². The van der Waals surface area contributed by atoms with Crippen molar-refractivity contribution in [3.8, 4) is 0 Å². The SMILES string of the molecule is Cc1csc(CCN2Cc3c(cccc3N(C)C)C2CN)n1. The Hall–Kier alpha value is -1.43. The summed E-state index contributed by atoms with van der Waals surface area (Å²) in [6.07, 6.45) is 1.00. The van der Waals surface area contributed by atoms with E-state index in [1.165, 1.54) is 21.8 Å². The maximum absolute atomic E-state index is 6.07. The van der Waals surface area contributed by atoms with Crippen LogP contribution in [0.15, 0.2) is 23.6 Å². The van der Waals surface area contributed by atoms with Gasteiger partial charge in [-0.05, 0) is 24.1 Å². The van der Waals surface area contributed by atoms with Gasteiger partial charge in [0.25, 0.3) is 0 Å². The fraction of sp³-hybridized carbons (Fsp3) is 0.471. The highest BCUT2D eigenvalue weighted by Gasteiger charge is 2.30. The van der Waals surface area contributed by atoms with Crippen molar-refractivity contribution in [1.82, 2.24) is 9.88 Å². The van der Waals surface area contributed by atoms with Gasteiger partial charge in [-0.15, -0.1) is 11.3 Å². The van der Waals surface area contributed by atoms with Crippen LogP contribution in [0, 0.1) is 6.92 Å². The third-order valence-electron chi connectivity index (χ3n) is 4.33. The van der Waals surface area contributed by atoms with E-state index in [-0.39, 0.29) is 0 Å². The molecule has 3 rings (SSSR count). The maximum atomic E-state index is 6.07. The van der Waals surface area contributed by atoms with Gasteiger partial charge in [-0.1, -0.05) is 12.1 Å². The van der Waals surface area contributed by atoms with E-state index in [1.807, 2.05) is 0 Å². The fourth-order valence-electron chi connectivity index (χ4n) is 3.27. The molecule has 0 spiro atoms. The van der Waals surface area contributed by atoms with Gasteiger partial charge in [-0.3, -0.25) is 4.90 Å². The number of hydrogen-bond donors (Lipinski definition) is 1. The molecule has 0 radical (unpaired) electrons. The van der Waals surface area contributed by atoms with Crippen molar-refractivity contribution in [3.63, 3.8) is 0 Å². The van der Waals surface area contributed by atoms with Gasteiger partial charge in [0.05, 0.1) is 5.01 Å². The van der Waals surface area contributed by atoms with E-state index in [0.29, 0.717) is 12.6 Å². The monoisotopic (exact) mass is 316 g/mol. The summed E-state index contributed by atoms with van der Waals surface area (Å²) in [5, 5.41) is 3.34. The Morgan fingerprint density at radius 3 is 2.86 bits per heavy atom. The molecule has 0 saturated heterocycles. The molecule has 0 aliphatic carbocycles. The molecule has 2 aromatic rings. The standard InChI is InChI=1S/C17H24N4S/c1-12-11-22-17(19-12)7-8-21-10-14-13(16(21)9-18)5-4-6-15(14)20(2)3/h4-6,11,16H,7-10,18H2,1-3H3. The van der Waals surface area contributed by atoms with E-state index in [2.05, 4.69) is 59.4 Å². The summed E-state index contributed by atoms with van der Waals surface area (Å²) in [5.41, 5.74) is 11.3. The maximum Gasteiger partial charge on any atom is 0.0940 e. The second kappa shape index (κ2) is 6.36. The predicted octanol–water partition coefficient (Wildman–Crippen LogP) is 2.58. The largest absolute Gasteiger partial charge is 0.377 e. The van der Waals surface area contributed by atoms with Crippen LogP contribution in [0.1, 0.15) is 27.9 Å². The Labute approximate surface area is 136 Å². The van der Waals surface area contributed by atoms with Gasteiger partial charge in [-0.25, -0.2) is 4.98 Å². The summed E-state index contributed by atoms with van der Waals surface area (Å²) < 4.78 is 0. The first-order valence-electron chi connectivity index (χ1n) is 7.74. The molecular weight excluding hydrogens is 292 g/mol. The molecule has 1 unspecified atom stereocenters. The van der Waals surface area contributed by atoms with Gasteiger partial charge in [0.1, 0.15) is 0 Å². The molecule has 0 saturated carbocycles. The molecule has 1 aromatic heterocycles. The smallest absolute Gasteiger partial charge is 0.0940 e. The average molecular weight is 316 g/mol. The number of nitrogens with zero attached hydrogens (tertiary/aromatic N) is 3. The van der Waals surface area contributed by atoms with Gasteiger partial charge in [0.15, 0.2) is 0 Å². The first kappa shape index (κ1) is 15.5. The van der Waals surface area contributed by atoms with Crippen molar-refractivity contribution in [2.45, 2.75) is 25.9 Å². The van der Waals surface area contributed by atoms with Gasteiger partial charge in [0.2, 0.25) is 0 Å². The predicted molar refractivity (Wildman–Crippen MR) is 93.5 cm³/mol. The molecule has 4 nitrogen and oxygen atoms in total. The molecule has 1 aliphatic heterocycles. The minimum Gasteiger partial charge on any atom is -0.377 e. The lowest BCUT2D eigenvalue weighted by atomic mass is 10.0. The first-order chi connectivity index (χ1) is 10.6. The third kappa shape index (κ3) is 2.89. The number of benzene rings is 1. The molecule has 0 bridgehead atoms. The average Bonchev–Trinajstić information content (AvgIpc) is 3.07. The van der Waals surface area contributed by atoms with Crippen LogP contribution in [0.5, 0.6) is 0 Å². The summed E-state index contributed by atoms with van der Waals surface area (Å²) in [4.78, 5) is 9.26. The van der Waals surface area contributed by atoms with Crippen molar-refractivity contribution in [3.05, 3.63) is 45.4 Å². The lowest BCUT2D eigenvalue weighted by Gasteiger charge is -2.23. The normalized spacial score (nSPS) is 17.7. The molecule has 0 fully saturated rings. The molecule has 118 valence electrons. The number of anilines is 1. The van der Waals surface area contributed by atoms with Crippen LogP contribution < -0.4 is 10.6 Å². The highest BCUT2D eigenvalue weighted by molar-refractivity contribution is 7.09. The van der Waals surface area contributed by atoms with Crippen LogP contribution in [-0.2, 0) is 13.0 Å². The first-order valence-corrected chi connectivity index (χ1v) is 8.62. The number of thiazole rings is 1. The van der Waals surface area contributed by atoms with Crippen molar-refractivity contribution >= 4 is 17.0 Å². The van der Waals surface area contributed by atoms with Crippen molar-refractivity contribution in [1.29, 1.82) is 0 Å². The molecule has 1 aromatic carbocycles. The Bertz CT molecular complexity index is 650. The number of rotatable bonds is 5. The molecule has 1 aliphatic rings. The number of nitrogens with two attached hydrogens (primary N) is 1. The topological polar surface area (TPSA) is 45.4 Å². The number of aryl methyl sites for hydroxylation is 1. The minimum atomic E-state index is 0.330. The van der Waals surface area contributed by atoms with Gasteiger partial charge in [-0.2, -0.15) is 0 Å². The summed E-state index contributed by atoms with van der Waals surface area (Å²) >= 11 is 1.76. The van der Waals surface area contributed by atoms with Crippen LogP contribution >= 0.6 is 11.3 Å². The van der Waals surface area contributed by atoms with Crippen LogP contribution in [0.3, 0.4) is 0 Å². The zero-order chi connectivity index (χ0) is 15.7. The highest BCUT2D eigenvalue weighted by atomic mass is 32.1. The Kier molecular flexibility index (Phi) is 4.47. The molecular formula is C17H24N4S. The second-order valence-corrected chi connectivity index (χ2v) is 7.04. The zero-order valence-electron chi connectivity index (χ0n) is 13.5. The summed E-state index contributed by atoms with van der Waals surface area (Å²) in [6, 6.07) is 6.90. The summed E-state index contributed by atoms with van der Waals surface area (Å²) in [7, 11) is 4.21. The van der Waals surface area contributed by atoms with E-state index in [9.17, 15) is 0 Å². The Morgan fingerprint density at radius 2 is 2.23 bits per heavy atom. The van der Waals surface area contributed by atoms with E-state index in [1.54, 1.807) is 11.3 Å². The van der Waals surface area contributed by atoms with Gasteiger partial charge in [0, 0.05) is 63.0 Å². The van der Waals surface area contributed by atoms with E-state index in [0.717, 1.165) is 25.2 Å². The number of fused-ring (bicyclic) bond motifs is 1. The molecule has 0 amide bonds. The fourth-order valence-corrected chi connectivity index (χ4v) is 4.04. The van der Waals surface area contributed by atoms with E-state index in [4.69, 9.17) is 5.73 Å². The Morgan fingerprint density at radius 1 is 1.41 bits per heavy atom. The minimum absolute atomic E-state index is 0.330. The van der Waals surface area contributed by atoms with Crippen molar-refractivity contribution in [2.75, 3.05) is 32.1 Å². The van der Waals surface area contributed by atoms with Crippen LogP contribution in [-0.4, -0.2) is 37.1 Å². The quantitative estimate of drug-likeness (QED) is 0.921. The van der Waals surface area contributed by atoms with E-state index >= 15 is 0 Å². The summed E-state index contributed by atoms with van der Waals surface area (Å²) in [6.45, 7) is 4.71. The van der Waals surface area contributed by atoms with Crippen LogP contribution in [0.2, 0.25) is 0 Å². The lowest BCUT2D eigenvalue weighted by Crippen LogP contribution is -2.29. The van der Waals surface area contributed by atoms with Crippen LogP contribution in [0.4, 0.5) is 5.69 Å². The second-order valence-electron chi connectivity index (χ2n) is 6.09. The van der Waals surface area contributed by atoms with Crippen molar-refractivity contribution < 1.29 is 0 Å². The number of aromatic nitrogens is 1. The van der Waals surface area contributed by atoms with Gasteiger partial charge >= 0.3 is 0 Å². The molecule has 1 atom stereocenters. The van der Waals surface area contributed by atoms with Gasteiger partial charge < -0.3 is 10.6 Å². The highest BCUT2D eigenvalue weighted by Crippen LogP contribution is 2.38. The summed E-state index contributed by atoms with van der Waals surface area (Å²) in [5.74, 6) is 0. The molecule has 2 heterocycles. The molecule has 22 heavy (non-hydrogen) atoms. The lowest BCUT2D eigenvalue weighted by molar-refractivity contribution is 0.223. The van der Waals surface area contributed by atoms with Crippen molar-refractivity contribution in [2.24, 2.45) is 5.73 Å². The van der Waals surface area contributed by atoms with Crippen LogP contribution in [0.25, 0.3) is 0 Å².